The summed E-state index contributed by atoms with van der Waals surface area (Å²) in [5.74, 6) is -0.0194. The molecule has 0 heterocycles. The monoisotopic (exact) mass is 249 g/mol. The number of nitrogens with one attached hydrogen (secondary N) is 1. The van der Waals surface area contributed by atoms with Gasteiger partial charge in [-0.25, -0.2) is 0 Å². The lowest BCUT2D eigenvalue weighted by molar-refractivity contribution is -0.123. The smallest absolute Gasteiger partial charge is 0.220 e. The zero-order valence-corrected chi connectivity index (χ0v) is 11.7. The Bertz CT molecular complexity index is 425. The third kappa shape index (κ3) is 4.49. The molecule has 0 bridgehead atoms. The normalized spacial score (nSPS) is 11.4. The second kappa shape index (κ2) is 6.01. The van der Waals surface area contributed by atoms with Gasteiger partial charge >= 0.3 is 0 Å². The van der Waals surface area contributed by atoms with Gasteiger partial charge in [0.1, 0.15) is 0 Å². The van der Waals surface area contributed by atoms with E-state index in [0.717, 1.165) is 6.42 Å². The molecule has 1 aromatic carbocycles. The molecule has 2 N–H and O–H groups in total. The number of hydrogen-bond acceptors (Lipinski definition) is 2. The standard InChI is InChI=1S/C15H23NO2/c1-11-5-6-13(12(2)9-11)7-8-14(18)16-15(3,4)10-17/h5-6,9,17H,7-8,10H2,1-4H3,(H,16,18). The molecule has 0 radical (unpaired) electrons. The van der Waals surface area contributed by atoms with E-state index in [-0.39, 0.29) is 12.5 Å². The van der Waals surface area contributed by atoms with E-state index in [1.54, 1.807) is 0 Å². The molecule has 18 heavy (non-hydrogen) atoms. The number of aryl methyl sites for hydroxylation is 3. The van der Waals surface area contributed by atoms with Crippen molar-refractivity contribution in [3.05, 3.63) is 34.9 Å². The number of aliphatic hydroxyl groups is 1. The zero-order valence-electron chi connectivity index (χ0n) is 11.7. The van der Waals surface area contributed by atoms with E-state index in [1.807, 2.05) is 13.8 Å². The highest BCUT2D eigenvalue weighted by atomic mass is 16.3. The molecular weight excluding hydrogens is 226 g/mol. The van der Waals surface area contributed by atoms with Gasteiger partial charge < -0.3 is 10.4 Å². The molecule has 0 spiro atoms. The SMILES string of the molecule is Cc1ccc(CCC(=O)NC(C)(C)CO)c(C)c1. The third-order valence-electron chi connectivity index (χ3n) is 2.99. The summed E-state index contributed by atoms with van der Waals surface area (Å²) in [6.07, 6.45) is 1.19. The van der Waals surface area contributed by atoms with Crippen LogP contribution in [0.15, 0.2) is 18.2 Å². The average Bonchev–Trinajstić information content (AvgIpc) is 2.27. The first-order chi connectivity index (χ1) is 8.34. The van der Waals surface area contributed by atoms with Gasteiger partial charge in [-0.15, -0.1) is 0 Å². The summed E-state index contributed by atoms with van der Waals surface area (Å²) in [5.41, 5.74) is 3.13. The maximum Gasteiger partial charge on any atom is 0.220 e. The number of hydrogen-bond donors (Lipinski definition) is 2. The summed E-state index contributed by atoms with van der Waals surface area (Å²) in [6.45, 7) is 7.69. The van der Waals surface area contributed by atoms with Crippen LogP contribution in [0.1, 0.15) is 37.0 Å². The molecule has 0 aliphatic carbocycles. The lowest BCUT2D eigenvalue weighted by Gasteiger charge is -2.23. The van der Waals surface area contributed by atoms with Crippen LogP contribution in [0.4, 0.5) is 0 Å². The van der Waals surface area contributed by atoms with E-state index < -0.39 is 5.54 Å². The fourth-order valence-electron chi connectivity index (χ4n) is 1.85. The van der Waals surface area contributed by atoms with Crippen LogP contribution in [-0.2, 0) is 11.2 Å². The van der Waals surface area contributed by atoms with Crippen molar-refractivity contribution < 1.29 is 9.90 Å². The van der Waals surface area contributed by atoms with Gasteiger partial charge in [-0.1, -0.05) is 23.8 Å². The summed E-state index contributed by atoms with van der Waals surface area (Å²) >= 11 is 0. The summed E-state index contributed by atoms with van der Waals surface area (Å²) in [4.78, 5) is 11.7. The van der Waals surface area contributed by atoms with E-state index in [0.29, 0.717) is 6.42 Å². The van der Waals surface area contributed by atoms with Crippen LogP contribution in [0.3, 0.4) is 0 Å². The van der Waals surface area contributed by atoms with Crippen LogP contribution in [0.2, 0.25) is 0 Å². The van der Waals surface area contributed by atoms with Crippen molar-refractivity contribution in [1.29, 1.82) is 0 Å². The van der Waals surface area contributed by atoms with Crippen molar-refractivity contribution in [2.75, 3.05) is 6.61 Å². The van der Waals surface area contributed by atoms with Gasteiger partial charge in [0, 0.05) is 6.42 Å². The number of benzene rings is 1. The van der Waals surface area contributed by atoms with Crippen molar-refractivity contribution in [1.82, 2.24) is 5.32 Å². The molecule has 0 atom stereocenters. The van der Waals surface area contributed by atoms with Crippen LogP contribution >= 0.6 is 0 Å². The van der Waals surface area contributed by atoms with Crippen LogP contribution in [-0.4, -0.2) is 23.2 Å². The largest absolute Gasteiger partial charge is 0.394 e. The maximum absolute atomic E-state index is 11.7. The number of carbonyl (C=O) groups is 1. The van der Waals surface area contributed by atoms with Crippen molar-refractivity contribution >= 4 is 5.91 Å². The molecule has 0 saturated heterocycles. The Balaban J connectivity index is 2.53. The first-order valence-electron chi connectivity index (χ1n) is 6.32. The molecule has 0 fully saturated rings. The van der Waals surface area contributed by atoms with Gasteiger partial charge in [-0.3, -0.25) is 4.79 Å². The van der Waals surface area contributed by atoms with E-state index >= 15 is 0 Å². The Hall–Kier alpha value is -1.35. The van der Waals surface area contributed by atoms with Crippen molar-refractivity contribution in [3.8, 4) is 0 Å². The van der Waals surface area contributed by atoms with Crippen molar-refractivity contribution in [2.24, 2.45) is 0 Å². The Morgan fingerprint density at radius 3 is 2.56 bits per heavy atom. The number of carbonyl (C=O) groups excluding carboxylic acids is 1. The zero-order chi connectivity index (χ0) is 13.8. The van der Waals surface area contributed by atoms with Gasteiger partial charge in [0.15, 0.2) is 0 Å². The quantitative estimate of drug-likeness (QED) is 0.840. The fraction of sp³-hybridized carbons (Fsp3) is 0.533. The molecule has 0 aliphatic rings. The molecule has 1 amide bonds. The molecule has 0 saturated carbocycles. The Kier molecular flexibility index (Phi) is 4.91. The van der Waals surface area contributed by atoms with Gasteiger partial charge in [0.05, 0.1) is 12.1 Å². The van der Waals surface area contributed by atoms with Crippen molar-refractivity contribution in [2.45, 2.75) is 46.1 Å². The van der Waals surface area contributed by atoms with Crippen molar-refractivity contribution in [3.63, 3.8) is 0 Å². The van der Waals surface area contributed by atoms with Gasteiger partial charge in [0.2, 0.25) is 5.91 Å². The molecule has 100 valence electrons. The number of aliphatic hydroxyl groups excluding tert-OH is 1. The van der Waals surface area contributed by atoms with Crippen LogP contribution in [0, 0.1) is 13.8 Å². The molecule has 3 nitrogen and oxygen atoms in total. The Morgan fingerprint density at radius 1 is 1.33 bits per heavy atom. The first kappa shape index (κ1) is 14.7. The third-order valence-corrected chi connectivity index (χ3v) is 2.99. The van der Waals surface area contributed by atoms with Gasteiger partial charge in [-0.05, 0) is 45.2 Å². The molecule has 0 aromatic heterocycles. The van der Waals surface area contributed by atoms with Crippen LogP contribution in [0.5, 0.6) is 0 Å². The highest BCUT2D eigenvalue weighted by molar-refractivity contribution is 5.77. The molecule has 1 rings (SSSR count). The van der Waals surface area contributed by atoms with E-state index in [2.05, 4.69) is 37.4 Å². The minimum Gasteiger partial charge on any atom is -0.394 e. The van der Waals surface area contributed by atoms with Gasteiger partial charge in [-0.2, -0.15) is 0 Å². The predicted molar refractivity (Wildman–Crippen MR) is 73.5 cm³/mol. The summed E-state index contributed by atoms with van der Waals surface area (Å²) in [5, 5.41) is 11.9. The summed E-state index contributed by atoms with van der Waals surface area (Å²) in [7, 11) is 0. The van der Waals surface area contributed by atoms with E-state index in [4.69, 9.17) is 5.11 Å². The first-order valence-corrected chi connectivity index (χ1v) is 6.32. The highest BCUT2D eigenvalue weighted by Gasteiger charge is 2.18. The predicted octanol–water partition coefficient (Wildman–Crippen LogP) is 2.12. The van der Waals surface area contributed by atoms with Crippen LogP contribution in [0.25, 0.3) is 0 Å². The number of amides is 1. The second-order valence-electron chi connectivity index (χ2n) is 5.52. The Labute approximate surface area is 109 Å². The van der Waals surface area contributed by atoms with Crippen LogP contribution < -0.4 is 5.32 Å². The molecule has 0 unspecified atom stereocenters. The molecule has 0 aliphatic heterocycles. The lowest BCUT2D eigenvalue weighted by Crippen LogP contribution is -2.46. The molecule has 1 aromatic rings. The molecular formula is C15H23NO2. The topological polar surface area (TPSA) is 49.3 Å². The maximum atomic E-state index is 11.7. The average molecular weight is 249 g/mol. The Morgan fingerprint density at radius 2 is 2.00 bits per heavy atom. The van der Waals surface area contributed by atoms with E-state index in [1.165, 1.54) is 16.7 Å². The minimum atomic E-state index is -0.542. The minimum absolute atomic E-state index is 0.0194. The van der Waals surface area contributed by atoms with Gasteiger partial charge in [0.25, 0.3) is 0 Å². The number of rotatable bonds is 5. The second-order valence-corrected chi connectivity index (χ2v) is 5.52. The van der Waals surface area contributed by atoms with E-state index in [9.17, 15) is 4.79 Å². The summed E-state index contributed by atoms with van der Waals surface area (Å²) in [6, 6.07) is 6.28. The summed E-state index contributed by atoms with van der Waals surface area (Å²) < 4.78 is 0. The fourth-order valence-corrected chi connectivity index (χ4v) is 1.85. The molecule has 3 heteroatoms. The highest BCUT2D eigenvalue weighted by Crippen LogP contribution is 2.12. The lowest BCUT2D eigenvalue weighted by atomic mass is 10.0.